The molecule has 0 rings (SSSR count). The van der Waals surface area contributed by atoms with Crippen LogP contribution >= 0.6 is 0 Å². The molecular formula is C12H20N4O. The van der Waals surface area contributed by atoms with Crippen molar-refractivity contribution >= 4 is 5.91 Å². The first kappa shape index (κ1) is 15.4. The van der Waals surface area contributed by atoms with E-state index in [2.05, 4.69) is 0 Å². The van der Waals surface area contributed by atoms with E-state index in [4.69, 9.17) is 16.3 Å². The summed E-state index contributed by atoms with van der Waals surface area (Å²) < 4.78 is 0. The molecule has 1 atom stereocenters. The van der Waals surface area contributed by atoms with E-state index in [1.165, 1.54) is 4.90 Å². The summed E-state index contributed by atoms with van der Waals surface area (Å²) in [4.78, 5) is 13.6. The van der Waals surface area contributed by atoms with Gasteiger partial charge in [0.15, 0.2) is 0 Å². The summed E-state index contributed by atoms with van der Waals surface area (Å²) in [6.07, 6.45) is 0.516. The predicted octanol–water partition coefficient (Wildman–Crippen LogP) is 1.02. The normalized spacial score (nSPS) is 12.4. The number of rotatable bonds is 5. The first-order chi connectivity index (χ1) is 7.84. The number of carbonyl (C=O) groups excluding carboxylic acids is 1. The molecule has 0 aliphatic carbocycles. The van der Waals surface area contributed by atoms with Crippen LogP contribution in [0.15, 0.2) is 0 Å². The molecule has 0 aromatic carbocycles. The number of hydrogen-bond acceptors (Lipinski definition) is 4. The van der Waals surface area contributed by atoms with Crippen LogP contribution in [0.5, 0.6) is 0 Å². The molecule has 0 radical (unpaired) electrons. The van der Waals surface area contributed by atoms with Crippen molar-refractivity contribution in [3.8, 4) is 12.1 Å². The number of nitriles is 2. The number of nitrogens with zero attached hydrogens (tertiary/aromatic N) is 3. The van der Waals surface area contributed by atoms with Crippen LogP contribution < -0.4 is 5.73 Å². The maximum absolute atomic E-state index is 12.1. The molecule has 0 aromatic rings. The van der Waals surface area contributed by atoms with E-state index in [0.717, 1.165) is 0 Å². The van der Waals surface area contributed by atoms with Gasteiger partial charge in [0.2, 0.25) is 5.91 Å². The average molecular weight is 236 g/mol. The summed E-state index contributed by atoms with van der Waals surface area (Å²) in [6, 6.07) is 3.37. The minimum Gasteiger partial charge on any atom is -0.339 e. The van der Waals surface area contributed by atoms with E-state index in [-0.39, 0.29) is 24.2 Å². The van der Waals surface area contributed by atoms with Crippen molar-refractivity contribution in [2.45, 2.75) is 39.7 Å². The van der Waals surface area contributed by atoms with Crippen LogP contribution in [0, 0.1) is 28.1 Å². The zero-order chi connectivity index (χ0) is 13.5. The molecule has 17 heavy (non-hydrogen) atoms. The highest BCUT2D eigenvalue weighted by atomic mass is 16.2. The Kier molecular flexibility index (Phi) is 6.23. The Bertz CT molecular complexity index is 314. The topological polar surface area (TPSA) is 93.9 Å². The van der Waals surface area contributed by atoms with Crippen LogP contribution in [0.4, 0.5) is 0 Å². The molecule has 5 heteroatoms. The smallest absolute Gasteiger partial charge is 0.240 e. The molecule has 2 N–H and O–H groups in total. The molecule has 0 fully saturated rings. The molecule has 0 aliphatic rings. The van der Waals surface area contributed by atoms with Crippen molar-refractivity contribution < 1.29 is 4.79 Å². The Morgan fingerprint density at radius 3 is 1.94 bits per heavy atom. The minimum absolute atomic E-state index is 0.192. The molecular weight excluding hydrogens is 216 g/mol. The highest BCUT2D eigenvalue weighted by Gasteiger charge is 2.30. The molecule has 0 heterocycles. The zero-order valence-corrected chi connectivity index (χ0v) is 10.7. The molecule has 0 bridgehead atoms. The van der Waals surface area contributed by atoms with Gasteiger partial charge in [0.05, 0.1) is 31.0 Å². The second-order valence-electron chi connectivity index (χ2n) is 4.99. The van der Waals surface area contributed by atoms with Gasteiger partial charge in [-0.05, 0) is 5.41 Å². The molecule has 0 saturated heterocycles. The monoisotopic (exact) mass is 236 g/mol. The average Bonchev–Trinajstić information content (AvgIpc) is 2.26. The Morgan fingerprint density at radius 2 is 1.65 bits per heavy atom. The van der Waals surface area contributed by atoms with Crippen LogP contribution in [-0.4, -0.2) is 29.9 Å². The molecule has 5 nitrogen and oxygen atoms in total. The maximum Gasteiger partial charge on any atom is 0.240 e. The lowest BCUT2D eigenvalue weighted by Crippen LogP contribution is -2.50. The van der Waals surface area contributed by atoms with Gasteiger partial charge in [-0.25, -0.2) is 0 Å². The summed E-state index contributed by atoms with van der Waals surface area (Å²) in [5.74, 6) is -0.192. The van der Waals surface area contributed by atoms with Crippen LogP contribution in [0.25, 0.3) is 0 Å². The number of nitrogens with two attached hydrogens (primary N) is 1. The van der Waals surface area contributed by atoms with Gasteiger partial charge in [-0.1, -0.05) is 20.8 Å². The highest BCUT2D eigenvalue weighted by molar-refractivity contribution is 5.82. The van der Waals surface area contributed by atoms with Crippen molar-refractivity contribution in [1.29, 1.82) is 10.5 Å². The lowest BCUT2D eigenvalue weighted by molar-refractivity contribution is -0.134. The van der Waals surface area contributed by atoms with E-state index in [1.807, 2.05) is 32.9 Å². The van der Waals surface area contributed by atoms with Gasteiger partial charge in [0.25, 0.3) is 0 Å². The van der Waals surface area contributed by atoms with E-state index in [1.54, 1.807) is 0 Å². The van der Waals surface area contributed by atoms with Gasteiger partial charge in [-0.2, -0.15) is 10.5 Å². The first-order valence-electron chi connectivity index (χ1n) is 5.63. The van der Waals surface area contributed by atoms with Crippen LogP contribution in [-0.2, 0) is 4.79 Å². The van der Waals surface area contributed by atoms with Crippen molar-refractivity contribution in [2.24, 2.45) is 11.1 Å². The van der Waals surface area contributed by atoms with E-state index in [0.29, 0.717) is 13.1 Å². The largest absolute Gasteiger partial charge is 0.339 e. The Hall–Kier alpha value is -1.59. The van der Waals surface area contributed by atoms with Gasteiger partial charge >= 0.3 is 0 Å². The van der Waals surface area contributed by atoms with E-state index in [9.17, 15) is 4.79 Å². The molecule has 0 saturated carbocycles. The summed E-state index contributed by atoms with van der Waals surface area (Å²) in [6.45, 7) is 6.34. The summed E-state index contributed by atoms with van der Waals surface area (Å²) in [7, 11) is 0. The lowest BCUT2D eigenvalue weighted by atomic mass is 9.86. The fourth-order valence-corrected chi connectivity index (χ4v) is 1.27. The standard InChI is InChI=1S/C12H20N4O/c1-12(2,3)10(15)11(17)16(8-4-6-13)9-5-7-14/h10H,4-5,8-9,15H2,1-3H3. The molecule has 0 aliphatic heterocycles. The second kappa shape index (κ2) is 6.88. The van der Waals surface area contributed by atoms with Gasteiger partial charge in [-0.15, -0.1) is 0 Å². The van der Waals surface area contributed by atoms with Gasteiger partial charge in [0.1, 0.15) is 0 Å². The van der Waals surface area contributed by atoms with Crippen LogP contribution in [0.1, 0.15) is 33.6 Å². The van der Waals surface area contributed by atoms with Crippen molar-refractivity contribution in [3.63, 3.8) is 0 Å². The predicted molar refractivity (Wildman–Crippen MR) is 64.5 cm³/mol. The molecule has 0 aromatic heterocycles. The summed E-state index contributed by atoms with van der Waals surface area (Å²) in [5, 5.41) is 17.1. The quantitative estimate of drug-likeness (QED) is 0.771. The minimum atomic E-state index is -0.611. The van der Waals surface area contributed by atoms with Crippen molar-refractivity contribution in [3.05, 3.63) is 0 Å². The van der Waals surface area contributed by atoms with E-state index >= 15 is 0 Å². The molecule has 94 valence electrons. The summed E-state index contributed by atoms with van der Waals surface area (Å²) in [5.41, 5.74) is 5.56. The number of hydrogen-bond donors (Lipinski definition) is 1. The lowest BCUT2D eigenvalue weighted by Gasteiger charge is -2.31. The Balaban J connectivity index is 4.63. The number of carbonyl (C=O) groups is 1. The summed E-state index contributed by atoms with van der Waals surface area (Å²) >= 11 is 0. The third kappa shape index (κ3) is 5.33. The fraction of sp³-hybridized carbons (Fsp3) is 0.750. The van der Waals surface area contributed by atoms with Crippen LogP contribution in [0.2, 0.25) is 0 Å². The maximum atomic E-state index is 12.1. The van der Waals surface area contributed by atoms with Gasteiger partial charge in [-0.3, -0.25) is 4.79 Å². The zero-order valence-electron chi connectivity index (χ0n) is 10.7. The molecule has 0 spiro atoms. The first-order valence-corrected chi connectivity index (χ1v) is 5.63. The van der Waals surface area contributed by atoms with Crippen LogP contribution in [0.3, 0.4) is 0 Å². The highest BCUT2D eigenvalue weighted by Crippen LogP contribution is 2.19. The molecule has 1 unspecified atom stereocenters. The fourth-order valence-electron chi connectivity index (χ4n) is 1.27. The third-order valence-corrected chi connectivity index (χ3v) is 2.50. The second-order valence-corrected chi connectivity index (χ2v) is 4.99. The Morgan fingerprint density at radius 1 is 1.24 bits per heavy atom. The van der Waals surface area contributed by atoms with Crippen molar-refractivity contribution in [1.82, 2.24) is 4.90 Å². The number of amides is 1. The van der Waals surface area contributed by atoms with Crippen molar-refractivity contribution in [2.75, 3.05) is 13.1 Å². The third-order valence-electron chi connectivity index (χ3n) is 2.50. The molecule has 1 amide bonds. The SMILES string of the molecule is CC(C)(C)C(N)C(=O)N(CCC#N)CCC#N. The van der Waals surface area contributed by atoms with E-state index < -0.39 is 6.04 Å². The Labute approximate surface area is 103 Å². The van der Waals surface area contributed by atoms with Gasteiger partial charge < -0.3 is 10.6 Å². The van der Waals surface area contributed by atoms with Gasteiger partial charge in [0, 0.05) is 13.1 Å².